The molecule has 0 saturated heterocycles. The van der Waals surface area contributed by atoms with Crippen LogP contribution in [0, 0.1) is 0 Å². The lowest BCUT2D eigenvalue weighted by Gasteiger charge is -2.08. The Kier molecular flexibility index (Phi) is 1.83. The van der Waals surface area contributed by atoms with Gasteiger partial charge in [0, 0.05) is 24.0 Å². The SMILES string of the molecule is O=C1CCc2ccc3c4c(ccc3c21)CCC4=O. The van der Waals surface area contributed by atoms with Gasteiger partial charge in [0.1, 0.15) is 0 Å². The molecule has 0 N–H and O–H groups in total. The average molecular weight is 236 g/mol. The van der Waals surface area contributed by atoms with E-state index in [1.54, 1.807) is 0 Å². The van der Waals surface area contributed by atoms with Gasteiger partial charge in [-0.2, -0.15) is 0 Å². The van der Waals surface area contributed by atoms with Gasteiger partial charge < -0.3 is 0 Å². The Balaban J connectivity index is 2.16. The summed E-state index contributed by atoms with van der Waals surface area (Å²) in [5.74, 6) is 0.446. The van der Waals surface area contributed by atoms with E-state index in [2.05, 4.69) is 0 Å². The molecule has 0 radical (unpaired) electrons. The van der Waals surface area contributed by atoms with Crippen LogP contribution < -0.4 is 0 Å². The Morgan fingerprint density at radius 3 is 1.50 bits per heavy atom. The lowest BCUT2D eigenvalue weighted by atomic mass is 9.95. The summed E-state index contributed by atoms with van der Waals surface area (Å²) in [6.07, 6.45) is 2.91. The van der Waals surface area contributed by atoms with E-state index in [1.807, 2.05) is 24.3 Å². The third kappa shape index (κ3) is 1.13. The summed E-state index contributed by atoms with van der Waals surface area (Å²) in [5.41, 5.74) is 3.99. The number of hydrogen-bond donors (Lipinski definition) is 0. The summed E-state index contributed by atoms with van der Waals surface area (Å²) in [4.78, 5) is 24.0. The van der Waals surface area contributed by atoms with Gasteiger partial charge in [-0.15, -0.1) is 0 Å². The molecule has 88 valence electrons. The van der Waals surface area contributed by atoms with E-state index in [0.29, 0.717) is 12.8 Å². The van der Waals surface area contributed by atoms with Crippen molar-refractivity contribution in [3.63, 3.8) is 0 Å². The molecule has 0 aromatic heterocycles. The van der Waals surface area contributed by atoms with Crippen LogP contribution in [0.25, 0.3) is 10.8 Å². The number of carbonyl (C=O) groups excluding carboxylic acids is 2. The molecular formula is C16H12O2. The average Bonchev–Trinajstić information content (AvgIpc) is 2.94. The molecule has 2 nitrogen and oxygen atoms in total. The summed E-state index contributed by atoms with van der Waals surface area (Å²) >= 11 is 0. The van der Waals surface area contributed by atoms with E-state index < -0.39 is 0 Å². The number of Topliss-reactive ketones (excluding diaryl/α,β-unsaturated/α-hetero) is 2. The van der Waals surface area contributed by atoms with Crippen molar-refractivity contribution in [2.24, 2.45) is 0 Å². The number of aryl methyl sites for hydroxylation is 2. The van der Waals surface area contributed by atoms with Crippen LogP contribution in [0.1, 0.15) is 44.7 Å². The predicted molar refractivity (Wildman–Crippen MR) is 69.3 cm³/mol. The van der Waals surface area contributed by atoms with Crippen molar-refractivity contribution in [2.45, 2.75) is 25.7 Å². The zero-order valence-corrected chi connectivity index (χ0v) is 9.95. The minimum Gasteiger partial charge on any atom is -0.294 e. The van der Waals surface area contributed by atoms with E-state index in [1.165, 1.54) is 0 Å². The Labute approximate surface area is 105 Å². The second-order valence-corrected chi connectivity index (χ2v) is 5.14. The van der Waals surface area contributed by atoms with Gasteiger partial charge in [-0.25, -0.2) is 0 Å². The fourth-order valence-corrected chi connectivity index (χ4v) is 3.32. The molecule has 4 rings (SSSR count). The third-order valence-electron chi connectivity index (χ3n) is 4.17. The zero-order valence-electron chi connectivity index (χ0n) is 9.95. The zero-order chi connectivity index (χ0) is 12.3. The van der Waals surface area contributed by atoms with Gasteiger partial charge in [-0.3, -0.25) is 9.59 Å². The van der Waals surface area contributed by atoms with Gasteiger partial charge in [-0.05, 0) is 34.7 Å². The Morgan fingerprint density at radius 1 is 0.611 bits per heavy atom. The van der Waals surface area contributed by atoms with Crippen molar-refractivity contribution >= 4 is 22.3 Å². The molecule has 0 fully saturated rings. The lowest BCUT2D eigenvalue weighted by Crippen LogP contribution is -1.98. The van der Waals surface area contributed by atoms with E-state index in [0.717, 1.165) is 45.9 Å². The van der Waals surface area contributed by atoms with Crippen LogP contribution in [0.2, 0.25) is 0 Å². The summed E-state index contributed by atoms with van der Waals surface area (Å²) in [6.45, 7) is 0. The molecule has 0 unspecified atom stereocenters. The molecule has 2 heteroatoms. The van der Waals surface area contributed by atoms with Crippen molar-refractivity contribution in [3.8, 4) is 0 Å². The maximum Gasteiger partial charge on any atom is 0.164 e. The van der Waals surface area contributed by atoms with Crippen LogP contribution in [0.5, 0.6) is 0 Å². The minimum atomic E-state index is 0.223. The molecule has 0 amide bonds. The van der Waals surface area contributed by atoms with E-state index >= 15 is 0 Å². The van der Waals surface area contributed by atoms with Gasteiger partial charge in [-0.1, -0.05) is 24.3 Å². The third-order valence-corrected chi connectivity index (χ3v) is 4.17. The number of hydrogen-bond acceptors (Lipinski definition) is 2. The van der Waals surface area contributed by atoms with Crippen LogP contribution in [0.4, 0.5) is 0 Å². The first-order chi connectivity index (χ1) is 8.75. The maximum absolute atomic E-state index is 12.0. The van der Waals surface area contributed by atoms with Crippen LogP contribution in [0.15, 0.2) is 24.3 Å². The highest BCUT2D eigenvalue weighted by molar-refractivity contribution is 6.18. The van der Waals surface area contributed by atoms with Gasteiger partial charge in [0.05, 0.1) is 0 Å². The second kappa shape index (κ2) is 3.29. The Hall–Kier alpha value is -1.96. The number of fused-ring (bicyclic) bond motifs is 5. The fraction of sp³-hybridized carbons (Fsp3) is 0.250. The fourth-order valence-electron chi connectivity index (χ4n) is 3.32. The van der Waals surface area contributed by atoms with Crippen molar-refractivity contribution in [3.05, 3.63) is 46.5 Å². The summed E-state index contributed by atoms with van der Waals surface area (Å²) in [5, 5.41) is 1.95. The van der Waals surface area contributed by atoms with Gasteiger partial charge in [0.25, 0.3) is 0 Å². The van der Waals surface area contributed by atoms with Crippen LogP contribution in [-0.4, -0.2) is 11.6 Å². The van der Waals surface area contributed by atoms with E-state index in [9.17, 15) is 9.59 Å². The molecule has 0 aliphatic heterocycles. The van der Waals surface area contributed by atoms with Gasteiger partial charge >= 0.3 is 0 Å². The first kappa shape index (κ1) is 10.0. The molecule has 2 aliphatic rings. The molecule has 2 aliphatic carbocycles. The van der Waals surface area contributed by atoms with Gasteiger partial charge in [0.2, 0.25) is 0 Å². The highest BCUT2D eigenvalue weighted by atomic mass is 16.1. The van der Waals surface area contributed by atoms with Crippen molar-refractivity contribution in [1.29, 1.82) is 0 Å². The molecule has 0 spiro atoms. The van der Waals surface area contributed by atoms with Gasteiger partial charge in [0.15, 0.2) is 11.6 Å². The molecule has 2 aromatic rings. The molecule has 0 saturated carbocycles. The van der Waals surface area contributed by atoms with E-state index in [-0.39, 0.29) is 11.6 Å². The monoisotopic (exact) mass is 236 g/mol. The topological polar surface area (TPSA) is 34.1 Å². The summed E-state index contributed by atoms with van der Waals surface area (Å²) in [6, 6.07) is 8.09. The molecule has 0 bridgehead atoms. The molecule has 0 atom stereocenters. The minimum absolute atomic E-state index is 0.223. The molecule has 0 heterocycles. The standard InChI is InChI=1S/C16H12O2/c17-13-7-3-9-1-5-11-12(15(9)13)6-2-10-4-8-14(18)16(10)11/h1-2,5-6H,3-4,7-8H2. The van der Waals surface area contributed by atoms with Crippen LogP contribution in [-0.2, 0) is 12.8 Å². The maximum atomic E-state index is 12.0. The Bertz CT molecular complexity index is 662. The number of benzene rings is 2. The van der Waals surface area contributed by atoms with Crippen LogP contribution in [0.3, 0.4) is 0 Å². The quantitative estimate of drug-likeness (QED) is 0.704. The first-order valence-corrected chi connectivity index (χ1v) is 6.39. The predicted octanol–water partition coefficient (Wildman–Crippen LogP) is 3.10. The van der Waals surface area contributed by atoms with E-state index in [4.69, 9.17) is 0 Å². The largest absolute Gasteiger partial charge is 0.294 e. The second-order valence-electron chi connectivity index (χ2n) is 5.14. The first-order valence-electron chi connectivity index (χ1n) is 6.39. The summed E-state index contributed by atoms with van der Waals surface area (Å²) in [7, 11) is 0. The highest BCUT2D eigenvalue weighted by Gasteiger charge is 2.26. The number of ketones is 2. The van der Waals surface area contributed by atoms with Crippen LogP contribution >= 0.6 is 0 Å². The van der Waals surface area contributed by atoms with Crippen molar-refractivity contribution < 1.29 is 9.59 Å². The summed E-state index contributed by atoms with van der Waals surface area (Å²) < 4.78 is 0. The smallest absolute Gasteiger partial charge is 0.164 e. The highest BCUT2D eigenvalue weighted by Crippen LogP contribution is 2.35. The molecule has 18 heavy (non-hydrogen) atoms. The number of carbonyl (C=O) groups is 2. The van der Waals surface area contributed by atoms with Crippen molar-refractivity contribution in [1.82, 2.24) is 0 Å². The molecule has 2 aromatic carbocycles. The number of rotatable bonds is 0. The Morgan fingerprint density at radius 2 is 1.06 bits per heavy atom. The lowest BCUT2D eigenvalue weighted by molar-refractivity contribution is 0.0987. The normalized spacial score (nSPS) is 17.3. The van der Waals surface area contributed by atoms with Crippen molar-refractivity contribution in [2.75, 3.05) is 0 Å². The molecular weight excluding hydrogens is 224 g/mol.